The molecule has 0 aliphatic carbocycles. The molecule has 0 aromatic heterocycles. The number of terminal acetylenes is 1. The minimum atomic E-state index is -4.77. The maximum Gasteiger partial charge on any atom is 0.419 e. The van der Waals surface area contributed by atoms with Crippen LogP contribution in [0, 0.1) is 12.3 Å². The summed E-state index contributed by atoms with van der Waals surface area (Å²) in [6.45, 7) is -0.855. The number of nitrogens with one attached hydrogen (secondary N) is 1. The van der Waals surface area contributed by atoms with Gasteiger partial charge in [-0.2, -0.15) is 13.2 Å². The molecule has 1 aliphatic rings. The number of alkyl halides is 3. The number of ether oxygens (including phenoxy) is 1. The smallest absolute Gasteiger partial charge is 0.419 e. The Bertz CT molecular complexity index is 610. The number of nitrogens with zero attached hydrogens (tertiary/aromatic N) is 1. The van der Waals surface area contributed by atoms with E-state index in [0.717, 1.165) is 4.90 Å². The highest BCUT2D eigenvalue weighted by Gasteiger charge is 2.57. The molecule has 0 unspecified atom stereocenters. The molecule has 5 nitrogen and oxygen atoms in total. The van der Waals surface area contributed by atoms with Crippen LogP contribution in [0.1, 0.15) is 6.42 Å². The minimum Gasteiger partial charge on any atom is -0.481 e. The second kappa shape index (κ2) is 6.38. The van der Waals surface area contributed by atoms with Gasteiger partial charge in [-0.1, -0.05) is 5.92 Å². The van der Waals surface area contributed by atoms with E-state index in [4.69, 9.17) is 11.2 Å². The van der Waals surface area contributed by atoms with E-state index < -0.39 is 30.8 Å². The van der Waals surface area contributed by atoms with Crippen molar-refractivity contribution in [1.29, 1.82) is 0 Å². The van der Waals surface area contributed by atoms with Crippen LogP contribution in [-0.4, -0.2) is 47.5 Å². The van der Waals surface area contributed by atoms with Crippen LogP contribution in [0.5, 0.6) is 5.75 Å². The zero-order valence-electron chi connectivity index (χ0n) is 12.1. The average molecular weight is 328 g/mol. The van der Waals surface area contributed by atoms with E-state index in [1.54, 1.807) is 12.1 Å². The summed E-state index contributed by atoms with van der Waals surface area (Å²) >= 11 is 0. The normalized spacial score (nSPS) is 20.9. The van der Waals surface area contributed by atoms with E-state index in [0.29, 0.717) is 11.4 Å². The van der Waals surface area contributed by atoms with Crippen molar-refractivity contribution in [2.45, 2.75) is 18.2 Å². The third-order valence-corrected chi connectivity index (χ3v) is 3.49. The average Bonchev–Trinajstić information content (AvgIpc) is 2.90. The molecule has 2 amide bonds. The van der Waals surface area contributed by atoms with Crippen molar-refractivity contribution in [2.24, 2.45) is 0 Å². The number of β-amino-alcohol motifs (C(OH)–C–C–N with tert-alkyl or cyclic N) is 1. The van der Waals surface area contributed by atoms with E-state index in [1.165, 1.54) is 12.1 Å². The predicted molar refractivity (Wildman–Crippen MR) is 77.0 cm³/mol. The van der Waals surface area contributed by atoms with Crippen molar-refractivity contribution >= 4 is 11.7 Å². The molecule has 8 heteroatoms. The van der Waals surface area contributed by atoms with Crippen LogP contribution in [-0.2, 0) is 0 Å². The number of hydrogen-bond acceptors (Lipinski definition) is 3. The molecule has 1 heterocycles. The standard InChI is InChI=1S/C15H15F3N2O3/c1-2-9-23-12-5-3-11(4-6-12)19-13(21)20-8-7-14(22,10-20)15(16,17)18/h1,3-6,22H,7-10H2,(H,19,21)/t14-/m0/s1. The zero-order valence-corrected chi connectivity index (χ0v) is 12.1. The van der Waals surface area contributed by atoms with Crippen LogP contribution >= 0.6 is 0 Å². The maximum absolute atomic E-state index is 12.7. The molecule has 1 aromatic carbocycles. The van der Waals surface area contributed by atoms with Crippen LogP contribution in [0.2, 0.25) is 0 Å². The molecule has 0 saturated carbocycles. The first kappa shape index (κ1) is 17.0. The highest BCUT2D eigenvalue weighted by Crippen LogP contribution is 2.37. The maximum atomic E-state index is 12.7. The van der Waals surface area contributed by atoms with Gasteiger partial charge >= 0.3 is 12.2 Å². The number of amides is 2. The summed E-state index contributed by atoms with van der Waals surface area (Å²) in [6.07, 6.45) is -0.248. The van der Waals surface area contributed by atoms with Gasteiger partial charge in [-0.3, -0.25) is 0 Å². The summed E-state index contributed by atoms with van der Waals surface area (Å²) in [5.41, 5.74) is -2.46. The van der Waals surface area contributed by atoms with Crippen LogP contribution in [0.3, 0.4) is 0 Å². The molecule has 1 aliphatic heterocycles. The van der Waals surface area contributed by atoms with Crippen LogP contribution in [0.15, 0.2) is 24.3 Å². The van der Waals surface area contributed by atoms with Crippen molar-refractivity contribution in [2.75, 3.05) is 25.0 Å². The Labute approximate surface area is 131 Å². The third kappa shape index (κ3) is 3.87. The molecule has 0 spiro atoms. The summed E-state index contributed by atoms with van der Waals surface area (Å²) in [6, 6.07) is 5.51. The van der Waals surface area contributed by atoms with Gasteiger partial charge in [0.15, 0.2) is 5.60 Å². The molecule has 1 fully saturated rings. The quantitative estimate of drug-likeness (QED) is 0.837. The predicted octanol–water partition coefficient (Wildman–Crippen LogP) is 2.23. The first-order chi connectivity index (χ1) is 10.7. The molecule has 0 bridgehead atoms. The van der Waals surface area contributed by atoms with Crippen molar-refractivity contribution in [3.63, 3.8) is 0 Å². The van der Waals surface area contributed by atoms with Gasteiger partial charge in [0.1, 0.15) is 12.4 Å². The molecule has 2 rings (SSSR count). The van der Waals surface area contributed by atoms with E-state index in [2.05, 4.69) is 11.2 Å². The highest BCUT2D eigenvalue weighted by atomic mass is 19.4. The lowest BCUT2D eigenvalue weighted by atomic mass is 10.0. The number of anilines is 1. The fraction of sp³-hybridized carbons (Fsp3) is 0.400. The van der Waals surface area contributed by atoms with Crippen molar-refractivity contribution in [3.8, 4) is 18.1 Å². The molecule has 1 saturated heterocycles. The topological polar surface area (TPSA) is 61.8 Å². The van der Waals surface area contributed by atoms with Crippen LogP contribution in [0.4, 0.5) is 23.7 Å². The highest BCUT2D eigenvalue weighted by molar-refractivity contribution is 5.89. The lowest BCUT2D eigenvalue weighted by Crippen LogP contribution is -2.48. The van der Waals surface area contributed by atoms with E-state index >= 15 is 0 Å². The number of benzene rings is 1. The number of hydrogen-bond donors (Lipinski definition) is 2. The Morgan fingerprint density at radius 2 is 2.09 bits per heavy atom. The number of likely N-dealkylation sites (tertiary alicyclic amines) is 1. The lowest BCUT2D eigenvalue weighted by molar-refractivity contribution is -0.253. The fourth-order valence-electron chi connectivity index (χ4n) is 2.16. The minimum absolute atomic E-state index is 0.107. The van der Waals surface area contributed by atoms with Gasteiger partial charge in [-0.15, -0.1) is 6.42 Å². The lowest BCUT2D eigenvalue weighted by Gasteiger charge is -2.25. The summed E-state index contributed by atoms with van der Waals surface area (Å²) in [5.74, 6) is 2.81. The summed E-state index contributed by atoms with van der Waals surface area (Å²) in [5, 5.41) is 12.0. The fourth-order valence-corrected chi connectivity index (χ4v) is 2.16. The number of carbonyl (C=O) groups excluding carboxylic acids is 1. The second-order valence-electron chi connectivity index (χ2n) is 5.15. The number of carbonyl (C=O) groups is 1. The number of urea groups is 1. The van der Waals surface area contributed by atoms with Gasteiger partial charge in [0.2, 0.25) is 0 Å². The van der Waals surface area contributed by atoms with Crippen molar-refractivity contribution < 1.29 is 27.8 Å². The van der Waals surface area contributed by atoms with Crippen LogP contribution in [0.25, 0.3) is 0 Å². The number of rotatable bonds is 3. The van der Waals surface area contributed by atoms with E-state index in [-0.39, 0.29) is 13.2 Å². The molecule has 1 aromatic rings. The van der Waals surface area contributed by atoms with Gasteiger partial charge < -0.3 is 20.1 Å². The number of halogens is 3. The van der Waals surface area contributed by atoms with E-state index in [9.17, 15) is 23.1 Å². The van der Waals surface area contributed by atoms with Crippen molar-refractivity contribution in [1.82, 2.24) is 4.90 Å². The summed E-state index contributed by atoms with van der Waals surface area (Å²) < 4.78 is 43.3. The first-order valence-electron chi connectivity index (χ1n) is 6.76. The number of aliphatic hydroxyl groups is 1. The van der Waals surface area contributed by atoms with Gasteiger partial charge in [-0.05, 0) is 24.3 Å². The summed E-state index contributed by atoms with van der Waals surface area (Å²) in [7, 11) is 0. The Hall–Kier alpha value is -2.40. The van der Waals surface area contributed by atoms with Gasteiger partial charge in [0.25, 0.3) is 0 Å². The van der Waals surface area contributed by atoms with Gasteiger partial charge in [0.05, 0.1) is 6.54 Å². The monoisotopic (exact) mass is 328 g/mol. The molecule has 124 valence electrons. The van der Waals surface area contributed by atoms with Crippen molar-refractivity contribution in [3.05, 3.63) is 24.3 Å². The van der Waals surface area contributed by atoms with Gasteiger partial charge in [-0.25, -0.2) is 4.79 Å². The zero-order chi connectivity index (χ0) is 17.1. The van der Waals surface area contributed by atoms with Gasteiger partial charge in [0, 0.05) is 18.7 Å². The van der Waals surface area contributed by atoms with E-state index in [1.807, 2.05) is 0 Å². The summed E-state index contributed by atoms with van der Waals surface area (Å²) in [4.78, 5) is 12.9. The Morgan fingerprint density at radius 3 is 2.61 bits per heavy atom. The molecular weight excluding hydrogens is 313 g/mol. The molecule has 2 N–H and O–H groups in total. The Morgan fingerprint density at radius 1 is 1.43 bits per heavy atom. The first-order valence-corrected chi connectivity index (χ1v) is 6.76. The Balaban J connectivity index is 1.94. The Kier molecular flexibility index (Phi) is 4.71. The largest absolute Gasteiger partial charge is 0.481 e. The molecule has 1 atom stereocenters. The second-order valence-corrected chi connectivity index (χ2v) is 5.15. The SMILES string of the molecule is C#CCOc1ccc(NC(=O)N2CC[C@@](O)(C(F)(F)F)C2)cc1. The molecular formula is C15H15F3N2O3. The molecule has 23 heavy (non-hydrogen) atoms. The third-order valence-electron chi connectivity index (χ3n) is 3.49. The molecule has 0 radical (unpaired) electrons. The van der Waals surface area contributed by atoms with Crippen LogP contribution < -0.4 is 10.1 Å².